The lowest BCUT2D eigenvalue weighted by atomic mass is 10.00. The Balaban J connectivity index is 1.52. The van der Waals surface area contributed by atoms with Crippen LogP contribution in [0, 0.1) is 0 Å². The van der Waals surface area contributed by atoms with Crippen LogP contribution in [-0.2, 0) is 9.53 Å². The van der Waals surface area contributed by atoms with Gasteiger partial charge in [0, 0.05) is 24.2 Å². The lowest BCUT2D eigenvalue weighted by molar-refractivity contribution is -0.138. The molecule has 1 aliphatic heterocycles. The monoisotopic (exact) mass is 305 g/mol. The van der Waals surface area contributed by atoms with E-state index < -0.39 is 5.97 Å². The van der Waals surface area contributed by atoms with E-state index in [0.717, 1.165) is 44.3 Å². The van der Waals surface area contributed by atoms with Gasteiger partial charge in [-0.25, -0.2) is 4.79 Å². The summed E-state index contributed by atoms with van der Waals surface area (Å²) in [4.78, 5) is 26.1. The summed E-state index contributed by atoms with van der Waals surface area (Å²) in [5.74, 6) is -0.117. The average Bonchev–Trinajstić information content (AvgIpc) is 3.29. The average molecular weight is 305 g/mol. The molecule has 1 N–H and O–H groups in total. The number of nitrogens with zero attached hydrogens (tertiary/aromatic N) is 2. The summed E-state index contributed by atoms with van der Waals surface area (Å²) in [6.07, 6.45) is 6.47. The largest absolute Gasteiger partial charge is 0.451 e. The van der Waals surface area contributed by atoms with Crippen molar-refractivity contribution in [3.63, 3.8) is 0 Å². The fourth-order valence-corrected chi connectivity index (χ4v) is 3.08. The van der Waals surface area contributed by atoms with Crippen LogP contribution in [0.15, 0.2) is 6.07 Å². The Morgan fingerprint density at radius 3 is 2.91 bits per heavy atom. The van der Waals surface area contributed by atoms with Crippen molar-refractivity contribution in [1.82, 2.24) is 15.1 Å². The molecule has 0 spiro atoms. The first-order valence-electron chi connectivity index (χ1n) is 8.21. The van der Waals surface area contributed by atoms with Crippen molar-refractivity contribution in [2.24, 2.45) is 0 Å². The fraction of sp³-hybridized carbons (Fsp3) is 0.688. The van der Waals surface area contributed by atoms with Gasteiger partial charge in [-0.2, -0.15) is 5.10 Å². The van der Waals surface area contributed by atoms with Gasteiger partial charge in [-0.15, -0.1) is 0 Å². The van der Waals surface area contributed by atoms with Crippen molar-refractivity contribution in [1.29, 1.82) is 0 Å². The molecule has 1 aliphatic carbocycles. The lowest BCUT2D eigenvalue weighted by Gasteiger charge is -2.35. The van der Waals surface area contributed by atoms with E-state index in [0.29, 0.717) is 5.92 Å². The molecule has 1 unspecified atom stereocenters. The first-order chi connectivity index (χ1) is 10.7. The molecule has 120 valence electrons. The highest BCUT2D eigenvalue weighted by molar-refractivity contribution is 5.89. The topological polar surface area (TPSA) is 75.3 Å². The van der Waals surface area contributed by atoms with E-state index in [1.54, 1.807) is 6.07 Å². The van der Waals surface area contributed by atoms with E-state index in [1.807, 2.05) is 4.90 Å². The highest BCUT2D eigenvalue weighted by Gasteiger charge is 2.28. The number of likely N-dealkylation sites (tertiary alicyclic amines) is 1. The van der Waals surface area contributed by atoms with Crippen molar-refractivity contribution < 1.29 is 14.3 Å². The summed E-state index contributed by atoms with van der Waals surface area (Å²) in [6, 6.07) is 2.02. The second kappa shape index (κ2) is 6.50. The highest BCUT2D eigenvalue weighted by atomic mass is 16.5. The zero-order chi connectivity index (χ0) is 15.5. The molecule has 2 aliphatic rings. The van der Waals surface area contributed by atoms with Crippen LogP contribution in [0.25, 0.3) is 0 Å². The molecule has 2 heterocycles. The summed E-state index contributed by atoms with van der Waals surface area (Å²) >= 11 is 0. The molecule has 22 heavy (non-hydrogen) atoms. The summed E-state index contributed by atoms with van der Waals surface area (Å²) in [5, 5.41) is 6.84. The van der Waals surface area contributed by atoms with Gasteiger partial charge in [0.1, 0.15) is 0 Å². The van der Waals surface area contributed by atoms with Crippen LogP contribution >= 0.6 is 0 Å². The predicted octanol–water partition coefficient (Wildman–Crippen LogP) is 2.24. The summed E-state index contributed by atoms with van der Waals surface area (Å²) in [6.45, 7) is 2.66. The molecule has 0 aromatic carbocycles. The van der Waals surface area contributed by atoms with Crippen molar-refractivity contribution in [2.45, 2.75) is 57.4 Å². The number of rotatable bonds is 5. The standard InChI is InChI=1S/C16H23N3O3/c1-2-12-5-3-4-8-19(12)15(20)10-22-16(21)14-9-13(17-18-14)11-6-7-11/h9,11-12H,2-8,10H2,1H3,(H,17,18). The molecule has 0 bridgehead atoms. The maximum atomic E-state index is 12.2. The number of hydrogen-bond donors (Lipinski definition) is 1. The molecule has 1 amide bonds. The molecule has 3 rings (SSSR count). The van der Waals surface area contributed by atoms with Crippen LogP contribution < -0.4 is 0 Å². The number of carbonyl (C=O) groups is 2. The Morgan fingerprint density at radius 2 is 2.18 bits per heavy atom. The second-order valence-electron chi connectivity index (χ2n) is 6.20. The SMILES string of the molecule is CCC1CCCCN1C(=O)COC(=O)c1cc(C2CC2)[nH]n1. The Labute approximate surface area is 130 Å². The third kappa shape index (κ3) is 3.31. The van der Waals surface area contributed by atoms with Gasteiger partial charge >= 0.3 is 5.97 Å². The van der Waals surface area contributed by atoms with Crippen molar-refractivity contribution in [2.75, 3.05) is 13.2 Å². The molecule has 6 heteroatoms. The summed E-state index contributed by atoms with van der Waals surface area (Å²) < 4.78 is 5.14. The number of ether oxygens (including phenoxy) is 1. The Morgan fingerprint density at radius 1 is 1.36 bits per heavy atom. The molecule has 2 fully saturated rings. The van der Waals surface area contributed by atoms with E-state index in [-0.39, 0.29) is 24.2 Å². The van der Waals surface area contributed by atoms with Gasteiger partial charge in [-0.05, 0) is 44.6 Å². The first kappa shape index (κ1) is 15.1. The molecule has 1 atom stereocenters. The summed E-state index contributed by atoms with van der Waals surface area (Å²) in [7, 11) is 0. The maximum absolute atomic E-state index is 12.2. The molecule has 0 radical (unpaired) electrons. The van der Waals surface area contributed by atoms with E-state index in [2.05, 4.69) is 17.1 Å². The number of aromatic nitrogens is 2. The van der Waals surface area contributed by atoms with Crippen LogP contribution in [0.3, 0.4) is 0 Å². The molecular weight excluding hydrogens is 282 g/mol. The minimum Gasteiger partial charge on any atom is -0.451 e. The fourth-order valence-electron chi connectivity index (χ4n) is 3.08. The molecule has 6 nitrogen and oxygen atoms in total. The van der Waals surface area contributed by atoms with Crippen LogP contribution in [0.4, 0.5) is 0 Å². The Bertz CT molecular complexity index is 551. The van der Waals surface area contributed by atoms with Crippen LogP contribution in [0.1, 0.15) is 67.5 Å². The number of esters is 1. The third-order valence-electron chi connectivity index (χ3n) is 4.57. The van der Waals surface area contributed by atoms with Gasteiger partial charge < -0.3 is 9.64 Å². The quantitative estimate of drug-likeness (QED) is 0.847. The zero-order valence-corrected chi connectivity index (χ0v) is 13.0. The second-order valence-corrected chi connectivity index (χ2v) is 6.20. The molecule has 1 saturated carbocycles. The van der Waals surface area contributed by atoms with Gasteiger partial charge in [0.05, 0.1) is 0 Å². The van der Waals surface area contributed by atoms with E-state index in [1.165, 1.54) is 6.42 Å². The first-order valence-corrected chi connectivity index (χ1v) is 8.21. The number of amides is 1. The minimum absolute atomic E-state index is 0.0992. The smallest absolute Gasteiger partial charge is 0.359 e. The number of carbonyl (C=O) groups excluding carboxylic acids is 2. The van der Waals surface area contributed by atoms with Gasteiger partial charge in [0.25, 0.3) is 5.91 Å². The van der Waals surface area contributed by atoms with Gasteiger partial charge in [-0.3, -0.25) is 9.89 Å². The maximum Gasteiger partial charge on any atom is 0.359 e. The van der Waals surface area contributed by atoms with Crippen LogP contribution in [-0.4, -0.2) is 46.2 Å². The van der Waals surface area contributed by atoms with Crippen LogP contribution in [0.2, 0.25) is 0 Å². The zero-order valence-electron chi connectivity index (χ0n) is 13.0. The van der Waals surface area contributed by atoms with Crippen molar-refractivity contribution in [3.8, 4) is 0 Å². The Hall–Kier alpha value is -1.85. The predicted molar refractivity (Wildman–Crippen MR) is 80.5 cm³/mol. The molecule has 1 aromatic heterocycles. The molecular formula is C16H23N3O3. The third-order valence-corrected chi connectivity index (χ3v) is 4.57. The van der Waals surface area contributed by atoms with Gasteiger partial charge in [0.2, 0.25) is 0 Å². The van der Waals surface area contributed by atoms with Gasteiger partial charge in [-0.1, -0.05) is 6.92 Å². The number of hydrogen-bond acceptors (Lipinski definition) is 4. The molecule has 1 aromatic rings. The van der Waals surface area contributed by atoms with E-state index >= 15 is 0 Å². The minimum atomic E-state index is -0.526. The van der Waals surface area contributed by atoms with E-state index in [9.17, 15) is 9.59 Å². The lowest BCUT2D eigenvalue weighted by Crippen LogP contribution is -2.45. The van der Waals surface area contributed by atoms with E-state index in [4.69, 9.17) is 4.74 Å². The highest BCUT2D eigenvalue weighted by Crippen LogP contribution is 2.39. The van der Waals surface area contributed by atoms with Crippen molar-refractivity contribution >= 4 is 11.9 Å². The number of nitrogens with one attached hydrogen (secondary N) is 1. The van der Waals surface area contributed by atoms with Gasteiger partial charge in [0.15, 0.2) is 12.3 Å². The number of piperidine rings is 1. The Kier molecular flexibility index (Phi) is 4.45. The van der Waals surface area contributed by atoms with Crippen molar-refractivity contribution in [3.05, 3.63) is 17.5 Å². The van der Waals surface area contributed by atoms with Crippen LogP contribution in [0.5, 0.6) is 0 Å². The summed E-state index contributed by atoms with van der Waals surface area (Å²) in [5.41, 5.74) is 1.25. The number of H-pyrrole nitrogens is 1. The molecule has 1 saturated heterocycles. The number of aromatic amines is 1. The normalized spacial score (nSPS) is 21.7.